The summed E-state index contributed by atoms with van der Waals surface area (Å²) in [6.45, 7) is 0. The second kappa shape index (κ2) is 11.1. The second-order valence-electron chi connectivity index (χ2n) is 8.42. The quantitative estimate of drug-likeness (QED) is 0.144. The van der Waals surface area contributed by atoms with Crippen molar-refractivity contribution in [2.45, 2.75) is 6.10 Å². The number of halogens is 1. The number of hydrogen-bond donors (Lipinski definition) is 1. The average Bonchev–Trinajstić information content (AvgIpc) is 2.97. The normalized spacial score (nSPS) is 11.5. The van der Waals surface area contributed by atoms with Crippen molar-refractivity contribution in [3.8, 4) is 11.3 Å². The molecule has 5 aromatic rings. The molecule has 0 aliphatic rings. The molecule has 0 saturated heterocycles. The zero-order valence-electron chi connectivity index (χ0n) is 20.2. The predicted octanol–water partition coefficient (Wildman–Crippen LogP) is 6.40. The van der Waals surface area contributed by atoms with Gasteiger partial charge in [0.15, 0.2) is 0 Å². The molecule has 0 bridgehead atoms. The van der Waals surface area contributed by atoms with Crippen LogP contribution in [0.3, 0.4) is 0 Å². The largest absolute Gasteiger partial charge is 0.444 e. The third-order valence-corrected chi connectivity index (χ3v) is 6.19. The predicted molar refractivity (Wildman–Crippen MR) is 146 cm³/mol. The van der Waals surface area contributed by atoms with Gasteiger partial charge in [-0.1, -0.05) is 60.1 Å². The fourth-order valence-corrected chi connectivity index (χ4v) is 4.22. The molecule has 2 heterocycles. The smallest absolute Gasteiger partial charge is 0.340 e. The van der Waals surface area contributed by atoms with Gasteiger partial charge in [-0.05, 0) is 30.3 Å². The van der Waals surface area contributed by atoms with Gasteiger partial charge in [0.25, 0.3) is 11.6 Å². The highest BCUT2D eigenvalue weighted by molar-refractivity contribution is 6.34. The van der Waals surface area contributed by atoms with E-state index in [1.165, 1.54) is 12.1 Å². The van der Waals surface area contributed by atoms with Crippen LogP contribution in [0.15, 0.2) is 103 Å². The monoisotopic (exact) mass is 538 g/mol. The summed E-state index contributed by atoms with van der Waals surface area (Å²) >= 11 is 6.17. The molecule has 0 fully saturated rings. The Kier molecular flexibility index (Phi) is 7.24. The van der Waals surface area contributed by atoms with Crippen molar-refractivity contribution < 1.29 is 19.2 Å². The number of aromatic nitrogens is 2. The molecule has 1 atom stereocenters. The van der Waals surface area contributed by atoms with Crippen LogP contribution in [0.4, 0.5) is 11.4 Å². The molecule has 0 radical (unpaired) electrons. The maximum Gasteiger partial charge on any atom is 0.340 e. The summed E-state index contributed by atoms with van der Waals surface area (Å²) in [6, 6.07) is 24.5. The molecule has 0 saturated carbocycles. The Morgan fingerprint density at radius 1 is 0.949 bits per heavy atom. The van der Waals surface area contributed by atoms with Crippen molar-refractivity contribution >= 4 is 45.8 Å². The van der Waals surface area contributed by atoms with Crippen LogP contribution in [0.5, 0.6) is 0 Å². The van der Waals surface area contributed by atoms with Gasteiger partial charge < -0.3 is 10.1 Å². The molecule has 10 heteroatoms. The van der Waals surface area contributed by atoms with Gasteiger partial charge in [0.05, 0.1) is 32.4 Å². The van der Waals surface area contributed by atoms with E-state index in [1.54, 1.807) is 73.1 Å². The highest BCUT2D eigenvalue weighted by Crippen LogP contribution is 2.30. The van der Waals surface area contributed by atoms with Crippen LogP contribution < -0.4 is 5.32 Å². The van der Waals surface area contributed by atoms with Crippen LogP contribution in [0.1, 0.15) is 22.0 Å². The van der Waals surface area contributed by atoms with E-state index in [0.29, 0.717) is 27.7 Å². The minimum Gasteiger partial charge on any atom is -0.444 e. The van der Waals surface area contributed by atoms with Gasteiger partial charge in [-0.25, -0.2) is 9.78 Å². The number of pyridine rings is 2. The number of amides is 1. The molecule has 3 aromatic carbocycles. The van der Waals surface area contributed by atoms with Crippen molar-refractivity contribution in [2.24, 2.45) is 0 Å². The van der Waals surface area contributed by atoms with Gasteiger partial charge in [0, 0.05) is 41.0 Å². The molecule has 1 N–H and O–H groups in total. The topological polar surface area (TPSA) is 124 Å². The number of rotatable bonds is 7. The number of nitro groups is 1. The summed E-state index contributed by atoms with van der Waals surface area (Å²) < 4.78 is 5.81. The first-order valence-electron chi connectivity index (χ1n) is 11.7. The lowest BCUT2D eigenvalue weighted by atomic mass is 10.0. The molecule has 9 nitrogen and oxygen atoms in total. The van der Waals surface area contributed by atoms with Gasteiger partial charge in [0.2, 0.25) is 6.10 Å². The van der Waals surface area contributed by atoms with Crippen molar-refractivity contribution in [2.75, 3.05) is 5.32 Å². The molecule has 1 amide bonds. The minimum absolute atomic E-state index is 0.0306. The lowest BCUT2D eigenvalue weighted by Gasteiger charge is -2.19. The Balaban J connectivity index is 1.50. The van der Waals surface area contributed by atoms with Crippen LogP contribution in [-0.2, 0) is 9.53 Å². The number of esters is 1. The number of ether oxygens (including phenoxy) is 1. The number of fused-ring (bicyclic) bond motifs is 1. The number of non-ortho nitro benzene ring substituents is 1. The molecular weight excluding hydrogens is 520 g/mol. The molecule has 0 aliphatic heterocycles. The van der Waals surface area contributed by atoms with E-state index in [9.17, 15) is 19.7 Å². The standard InChI is InChI=1S/C29H19ClN4O5/c30-23-15-20(34(37)38)12-13-25(23)33-28(35)27(18-7-2-1-3-8-18)39-29(36)22-16-26(19-9-6-14-31-17-19)32-24-11-5-4-10-21(22)24/h1-17,27H,(H,33,35). The van der Waals surface area contributed by atoms with Gasteiger partial charge >= 0.3 is 5.97 Å². The van der Waals surface area contributed by atoms with Gasteiger partial charge in [-0.2, -0.15) is 0 Å². The van der Waals surface area contributed by atoms with Crippen molar-refractivity contribution in [1.29, 1.82) is 0 Å². The molecule has 1 unspecified atom stereocenters. The first-order chi connectivity index (χ1) is 18.9. The average molecular weight is 539 g/mol. The van der Waals surface area contributed by atoms with E-state index in [1.807, 2.05) is 12.1 Å². The number of para-hydroxylation sites is 1. The Morgan fingerprint density at radius 3 is 2.44 bits per heavy atom. The van der Waals surface area contributed by atoms with Gasteiger partial charge in [-0.3, -0.25) is 19.9 Å². The molecule has 0 aliphatic carbocycles. The minimum atomic E-state index is -1.35. The van der Waals surface area contributed by atoms with Gasteiger partial charge in [0.1, 0.15) is 0 Å². The number of carbonyl (C=O) groups is 2. The lowest BCUT2D eigenvalue weighted by molar-refractivity contribution is -0.384. The molecule has 192 valence electrons. The van der Waals surface area contributed by atoms with Crippen LogP contribution in [0.2, 0.25) is 5.02 Å². The lowest BCUT2D eigenvalue weighted by Crippen LogP contribution is -2.26. The molecule has 5 rings (SSSR count). The number of benzene rings is 3. The zero-order chi connectivity index (χ0) is 27.4. The highest BCUT2D eigenvalue weighted by atomic mass is 35.5. The SMILES string of the molecule is O=C(OC(C(=O)Nc1ccc([N+](=O)[O-])cc1Cl)c1ccccc1)c1cc(-c2cccnc2)nc2ccccc12. The van der Waals surface area contributed by atoms with Crippen LogP contribution >= 0.6 is 11.6 Å². The zero-order valence-corrected chi connectivity index (χ0v) is 20.9. The summed E-state index contributed by atoms with van der Waals surface area (Å²) in [6.07, 6.45) is 1.93. The number of hydrogen-bond acceptors (Lipinski definition) is 7. The van der Waals surface area contributed by atoms with Crippen LogP contribution in [0.25, 0.3) is 22.2 Å². The molecule has 39 heavy (non-hydrogen) atoms. The third-order valence-electron chi connectivity index (χ3n) is 5.88. The number of anilines is 1. The maximum absolute atomic E-state index is 13.6. The Hall–Kier alpha value is -5.15. The van der Waals surface area contributed by atoms with Crippen LogP contribution in [-0.4, -0.2) is 26.8 Å². The van der Waals surface area contributed by atoms with Crippen molar-refractivity contribution in [3.05, 3.63) is 130 Å². The van der Waals surface area contributed by atoms with Crippen LogP contribution in [0, 0.1) is 10.1 Å². The highest BCUT2D eigenvalue weighted by Gasteiger charge is 2.28. The van der Waals surface area contributed by atoms with Crippen molar-refractivity contribution in [3.63, 3.8) is 0 Å². The van der Waals surface area contributed by atoms with Gasteiger partial charge in [-0.15, -0.1) is 0 Å². The fraction of sp³-hybridized carbons (Fsp3) is 0.0345. The van der Waals surface area contributed by atoms with E-state index in [4.69, 9.17) is 16.3 Å². The Bertz CT molecular complexity index is 1700. The van der Waals surface area contributed by atoms with E-state index >= 15 is 0 Å². The van der Waals surface area contributed by atoms with E-state index < -0.39 is 22.9 Å². The summed E-state index contributed by atoms with van der Waals surface area (Å²) in [5.74, 6) is -1.42. The summed E-state index contributed by atoms with van der Waals surface area (Å²) in [7, 11) is 0. The fourth-order valence-electron chi connectivity index (χ4n) is 3.99. The first-order valence-corrected chi connectivity index (χ1v) is 12.1. The number of carbonyl (C=O) groups excluding carboxylic acids is 2. The Morgan fingerprint density at radius 2 is 1.72 bits per heavy atom. The van der Waals surface area contributed by atoms with E-state index in [0.717, 1.165) is 6.07 Å². The number of nitro benzene ring substituents is 1. The molecule has 0 spiro atoms. The second-order valence-corrected chi connectivity index (χ2v) is 8.83. The van der Waals surface area contributed by atoms with Crippen molar-refractivity contribution in [1.82, 2.24) is 9.97 Å². The first kappa shape index (κ1) is 25.5. The summed E-state index contributed by atoms with van der Waals surface area (Å²) in [5, 5.41) is 14.2. The Labute approximate surface area is 227 Å². The van der Waals surface area contributed by atoms with E-state index in [2.05, 4.69) is 15.3 Å². The molecule has 2 aromatic heterocycles. The molecular formula is C29H19ClN4O5. The van der Waals surface area contributed by atoms with E-state index in [-0.39, 0.29) is 22.0 Å². The summed E-state index contributed by atoms with van der Waals surface area (Å²) in [5.41, 5.74) is 2.36. The maximum atomic E-state index is 13.6. The number of nitrogens with one attached hydrogen (secondary N) is 1. The summed E-state index contributed by atoms with van der Waals surface area (Å²) in [4.78, 5) is 46.3. The third kappa shape index (κ3) is 5.58. The number of nitrogens with zero attached hydrogens (tertiary/aromatic N) is 3.